The van der Waals surface area contributed by atoms with Gasteiger partial charge in [-0.05, 0) is 55.2 Å². The van der Waals surface area contributed by atoms with Crippen LogP contribution in [0.25, 0.3) is 0 Å². The molecule has 1 heterocycles. The van der Waals surface area contributed by atoms with Gasteiger partial charge in [0.1, 0.15) is 5.75 Å². The number of ether oxygens (including phenoxy) is 1. The van der Waals surface area contributed by atoms with Gasteiger partial charge >= 0.3 is 0 Å². The van der Waals surface area contributed by atoms with Gasteiger partial charge in [-0.1, -0.05) is 31.0 Å². The van der Waals surface area contributed by atoms with Gasteiger partial charge in [-0.3, -0.25) is 9.59 Å². The largest absolute Gasteiger partial charge is 0.497 e. The summed E-state index contributed by atoms with van der Waals surface area (Å²) < 4.78 is 5.38. The summed E-state index contributed by atoms with van der Waals surface area (Å²) in [6.07, 6.45) is 5.44. The molecule has 2 aromatic carbocycles. The van der Waals surface area contributed by atoms with E-state index in [1.54, 1.807) is 12.0 Å². The summed E-state index contributed by atoms with van der Waals surface area (Å²) in [5.74, 6) is 0.826. The molecule has 146 valence electrons. The summed E-state index contributed by atoms with van der Waals surface area (Å²) in [6, 6.07) is 15.4. The normalized spacial score (nSPS) is 18.3. The number of benzene rings is 2. The molecular weight excluding hydrogens is 352 g/mol. The van der Waals surface area contributed by atoms with Crippen LogP contribution in [0.5, 0.6) is 5.75 Å². The van der Waals surface area contributed by atoms with Crippen LogP contribution in [0.1, 0.15) is 54.4 Å². The Morgan fingerprint density at radius 3 is 2.57 bits per heavy atom. The molecule has 1 aliphatic carbocycles. The second kappa shape index (κ2) is 7.66. The number of methoxy groups -OCH3 is 1. The van der Waals surface area contributed by atoms with Crippen molar-refractivity contribution in [1.29, 1.82) is 0 Å². The van der Waals surface area contributed by atoms with E-state index in [2.05, 4.69) is 11.4 Å². The Kier molecular flexibility index (Phi) is 5.07. The Bertz CT molecular complexity index is 887. The minimum atomic E-state index is -0.370. The van der Waals surface area contributed by atoms with Crippen LogP contribution in [0.4, 0.5) is 5.69 Å². The fraction of sp³-hybridized carbons (Fsp3) is 0.391. The summed E-state index contributed by atoms with van der Waals surface area (Å²) >= 11 is 0. The van der Waals surface area contributed by atoms with E-state index >= 15 is 0 Å². The second-order valence-electron chi connectivity index (χ2n) is 7.67. The summed E-state index contributed by atoms with van der Waals surface area (Å²) in [5, 5.41) is 3.31. The lowest BCUT2D eigenvalue weighted by atomic mass is 9.87. The van der Waals surface area contributed by atoms with Crippen LogP contribution in [-0.4, -0.2) is 25.5 Å². The highest BCUT2D eigenvalue weighted by Gasteiger charge is 2.37. The lowest BCUT2D eigenvalue weighted by Crippen LogP contribution is -2.43. The Labute approximate surface area is 165 Å². The highest BCUT2D eigenvalue weighted by Crippen LogP contribution is 2.40. The number of anilines is 1. The van der Waals surface area contributed by atoms with Gasteiger partial charge in [-0.15, -0.1) is 0 Å². The van der Waals surface area contributed by atoms with Gasteiger partial charge in [-0.25, -0.2) is 0 Å². The molecule has 1 saturated carbocycles. The van der Waals surface area contributed by atoms with Crippen LogP contribution < -0.4 is 15.0 Å². The highest BCUT2D eigenvalue weighted by atomic mass is 16.5. The molecule has 2 amide bonds. The average molecular weight is 378 g/mol. The number of amides is 2. The number of nitrogens with zero attached hydrogens (tertiary/aromatic N) is 1. The van der Waals surface area contributed by atoms with Gasteiger partial charge in [0.05, 0.1) is 12.6 Å². The predicted molar refractivity (Wildman–Crippen MR) is 109 cm³/mol. The number of hydrogen-bond donors (Lipinski definition) is 1. The number of carbonyl (C=O) groups excluding carboxylic acids is 2. The fourth-order valence-corrected chi connectivity index (χ4v) is 4.41. The molecule has 0 radical (unpaired) electrons. The average Bonchev–Trinajstić information content (AvgIpc) is 3.38. The molecule has 2 fully saturated rings. The smallest absolute Gasteiger partial charge is 0.252 e. The molecular formula is C23H26N2O3. The first-order valence-corrected chi connectivity index (χ1v) is 9.99. The lowest BCUT2D eigenvalue weighted by molar-refractivity contribution is -0.117. The first-order chi connectivity index (χ1) is 13.6. The van der Waals surface area contributed by atoms with E-state index < -0.39 is 0 Å². The number of nitrogens with one attached hydrogen (secondary N) is 1. The summed E-state index contributed by atoms with van der Waals surface area (Å²) in [7, 11) is 1.66. The van der Waals surface area contributed by atoms with E-state index in [1.807, 2.05) is 42.5 Å². The third-order valence-corrected chi connectivity index (χ3v) is 5.93. The zero-order chi connectivity index (χ0) is 19.6. The van der Waals surface area contributed by atoms with Crippen molar-refractivity contribution in [3.63, 3.8) is 0 Å². The minimum Gasteiger partial charge on any atom is -0.497 e. The molecule has 5 nitrogen and oxygen atoms in total. The van der Waals surface area contributed by atoms with E-state index in [-0.39, 0.29) is 17.4 Å². The topological polar surface area (TPSA) is 58.6 Å². The van der Waals surface area contributed by atoms with Gasteiger partial charge in [-0.2, -0.15) is 0 Å². The molecule has 4 rings (SSSR count). The van der Waals surface area contributed by atoms with Crippen molar-refractivity contribution in [3.05, 3.63) is 59.7 Å². The van der Waals surface area contributed by atoms with Gasteiger partial charge < -0.3 is 15.0 Å². The van der Waals surface area contributed by atoms with Crippen molar-refractivity contribution in [2.75, 3.05) is 18.6 Å². The van der Waals surface area contributed by atoms with Crippen molar-refractivity contribution in [1.82, 2.24) is 5.32 Å². The molecule has 0 spiro atoms. The van der Waals surface area contributed by atoms with Crippen molar-refractivity contribution in [3.8, 4) is 5.75 Å². The Morgan fingerprint density at radius 1 is 1.07 bits per heavy atom. The van der Waals surface area contributed by atoms with Crippen molar-refractivity contribution < 1.29 is 14.3 Å². The van der Waals surface area contributed by atoms with Gasteiger partial charge in [0, 0.05) is 24.2 Å². The fourth-order valence-electron chi connectivity index (χ4n) is 4.41. The second-order valence-corrected chi connectivity index (χ2v) is 7.67. The van der Waals surface area contributed by atoms with E-state index in [0.717, 1.165) is 55.6 Å². The Balaban J connectivity index is 1.60. The number of carbonyl (C=O) groups is 2. The quantitative estimate of drug-likeness (QED) is 0.855. The first-order valence-electron chi connectivity index (χ1n) is 9.99. The molecule has 28 heavy (non-hydrogen) atoms. The maximum absolute atomic E-state index is 13.1. The molecule has 0 bridgehead atoms. The number of hydrogen-bond acceptors (Lipinski definition) is 3. The summed E-state index contributed by atoms with van der Waals surface area (Å²) in [6.45, 7) is 0.720. The lowest BCUT2D eigenvalue weighted by Gasteiger charge is -2.31. The van der Waals surface area contributed by atoms with E-state index in [0.29, 0.717) is 12.0 Å². The van der Waals surface area contributed by atoms with Crippen molar-refractivity contribution in [2.45, 2.75) is 44.1 Å². The third kappa shape index (κ3) is 3.49. The maximum Gasteiger partial charge on any atom is 0.252 e. The molecule has 0 unspecified atom stereocenters. The predicted octanol–water partition coefficient (Wildman–Crippen LogP) is 4.02. The van der Waals surface area contributed by atoms with Crippen LogP contribution in [0.2, 0.25) is 0 Å². The maximum atomic E-state index is 13.1. The molecule has 0 aromatic heterocycles. The zero-order valence-electron chi connectivity index (χ0n) is 16.2. The summed E-state index contributed by atoms with van der Waals surface area (Å²) in [5.41, 5.74) is 2.11. The SMILES string of the molecule is COc1cccc(C2(NC(=O)c3cccc(N4CCCC4=O)c3)CCCC2)c1. The van der Waals surface area contributed by atoms with E-state index in [1.165, 1.54) is 0 Å². The summed E-state index contributed by atoms with van der Waals surface area (Å²) in [4.78, 5) is 26.9. The van der Waals surface area contributed by atoms with Crippen LogP contribution in [-0.2, 0) is 10.3 Å². The van der Waals surface area contributed by atoms with Gasteiger partial charge in [0.2, 0.25) is 5.91 Å². The molecule has 2 aliphatic rings. The van der Waals surface area contributed by atoms with Crippen LogP contribution in [0.15, 0.2) is 48.5 Å². The first kappa shape index (κ1) is 18.5. The van der Waals surface area contributed by atoms with Gasteiger partial charge in [0.15, 0.2) is 0 Å². The zero-order valence-corrected chi connectivity index (χ0v) is 16.2. The van der Waals surface area contributed by atoms with Gasteiger partial charge in [0.25, 0.3) is 5.91 Å². The monoisotopic (exact) mass is 378 g/mol. The molecule has 1 aliphatic heterocycles. The van der Waals surface area contributed by atoms with Crippen molar-refractivity contribution >= 4 is 17.5 Å². The third-order valence-electron chi connectivity index (χ3n) is 5.93. The molecule has 0 atom stereocenters. The van der Waals surface area contributed by atoms with Crippen LogP contribution >= 0.6 is 0 Å². The minimum absolute atomic E-state index is 0.0989. The molecule has 2 aromatic rings. The number of rotatable bonds is 5. The molecule has 1 saturated heterocycles. The molecule has 1 N–H and O–H groups in total. The Morgan fingerprint density at radius 2 is 1.86 bits per heavy atom. The molecule has 5 heteroatoms. The van der Waals surface area contributed by atoms with Crippen molar-refractivity contribution in [2.24, 2.45) is 0 Å². The van der Waals surface area contributed by atoms with Crippen LogP contribution in [0.3, 0.4) is 0 Å². The van der Waals surface area contributed by atoms with E-state index in [4.69, 9.17) is 4.74 Å². The standard InChI is InChI=1S/C23H26N2O3/c1-28-20-10-5-8-18(16-20)23(12-2-3-13-23)24-22(27)17-7-4-9-19(15-17)25-14-6-11-21(25)26/h4-5,7-10,15-16H,2-3,6,11-14H2,1H3,(H,24,27). The van der Waals surface area contributed by atoms with E-state index in [9.17, 15) is 9.59 Å². The Hall–Kier alpha value is -2.82. The van der Waals surface area contributed by atoms with Crippen LogP contribution in [0, 0.1) is 0 Å². The highest BCUT2D eigenvalue weighted by molar-refractivity contribution is 5.99.